The van der Waals surface area contributed by atoms with Gasteiger partial charge in [0.15, 0.2) is 0 Å². The lowest BCUT2D eigenvalue weighted by Crippen LogP contribution is -2.24. The molecular weight excluding hydrogens is 566 g/mol. The third-order valence-corrected chi connectivity index (χ3v) is 6.80. The lowest BCUT2D eigenvalue weighted by Gasteiger charge is -2.16. The highest BCUT2D eigenvalue weighted by Gasteiger charge is 2.15. The summed E-state index contributed by atoms with van der Waals surface area (Å²) in [7, 11) is 0. The molecule has 0 spiro atoms. The van der Waals surface area contributed by atoms with Gasteiger partial charge in [0.05, 0.1) is 23.6 Å². The van der Waals surface area contributed by atoms with E-state index in [0.717, 1.165) is 56.0 Å². The fourth-order valence-electron chi connectivity index (χ4n) is 4.57. The number of pyridine rings is 1. The van der Waals surface area contributed by atoms with E-state index in [-0.39, 0.29) is 5.91 Å². The number of nitrogens with zero attached hydrogens (tertiary/aromatic N) is 1. The van der Waals surface area contributed by atoms with E-state index in [2.05, 4.69) is 55.5 Å². The van der Waals surface area contributed by atoms with Crippen LogP contribution in [-0.4, -0.2) is 24.0 Å². The van der Waals surface area contributed by atoms with Crippen LogP contribution in [0.2, 0.25) is 5.02 Å². The molecule has 2 N–H and O–H groups in total. The lowest BCUT2D eigenvalue weighted by atomic mass is 9.98. The number of carbonyl (C=O) groups is 1. The van der Waals surface area contributed by atoms with Gasteiger partial charge in [0, 0.05) is 51.4 Å². The number of rotatable bonds is 10. The Balaban J connectivity index is 0.00000127. The van der Waals surface area contributed by atoms with Crippen molar-refractivity contribution in [3.05, 3.63) is 112 Å². The number of aryl methyl sites for hydroxylation is 2. The number of hydrogen-bond donors (Lipinski definition) is 2. The van der Waals surface area contributed by atoms with Crippen LogP contribution in [0.1, 0.15) is 68.1 Å². The Kier molecular flexibility index (Phi) is 14.8. The summed E-state index contributed by atoms with van der Waals surface area (Å²) in [5.41, 5.74) is 7.90. The molecule has 0 fully saturated rings. The van der Waals surface area contributed by atoms with Crippen LogP contribution in [0.5, 0.6) is 0 Å². The number of terminal acetylenes is 1. The van der Waals surface area contributed by atoms with Crippen molar-refractivity contribution in [2.24, 2.45) is 0 Å². The van der Waals surface area contributed by atoms with Gasteiger partial charge < -0.3 is 15.4 Å². The average Bonchev–Trinajstić information content (AvgIpc) is 3.02. The summed E-state index contributed by atoms with van der Waals surface area (Å²) in [6.45, 7) is 19.2. The molecule has 6 heteroatoms. The second kappa shape index (κ2) is 18.2. The first kappa shape index (κ1) is 35.7. The van der Waals surface area contributed by atoms with Crippen molar-refractivity contribution in [1.82, 2.24) is 10.3 Å². The Morgan fingerprint density at radius 1 is 1.09 bits per heavy atom. The van der Waals surface area contributed by atoms with E-state index >= 15 is 0 Å². The van der Waals surface area contributed by atoms with E-state index in [0.29, 0.717) is 30.2 Å². The van der Waals surface area contributed by atoms with E-state index in [9.17, 15) is 4.79 Å². The number of nitrogens with one attached hydrogen (secondary N) is 2. The molecule has 1 aromatic heterocycles. The number of fused-ring (bicyclic) bond motifs is 1. The third-order valence-electron chi connectivity index (χ3n) is 6.47. The maximum absolute atomic E-state index is 12.6. The van der Waals surface area contributed by atoms with E-state index in [1.54, 1.807) is 19.1 Å². The molecule has 0 radical (unpaired) electrons. The Morgan fingerprint density at radius 3 is 2.36 bits per heavy atom. The van der Waals surface area contributed by atoms with Gasteiger partial charge in [0.1, 0.15) is 0 Å². The molecule has 0 saturated heterocycles. The normalized spacial score (nSPS) is 10.4. The molecule has 0 aliphatic carbocycles. The zero-order valence-electron chi connectivity index (χ0n) is 27.0. The molecule has 230 valence electrons. The maximum atomic E-state index is 12.6. The van der Waals surface area contributed by atoms with Gasteiger partial charge in [-0.05, 0) is 88.7 Å². The summed E-state index contributed by atoms with van der Waals surface area (Å²) >= 11 is 6.53. The highest BCUT2D eigenvalue weighted by atomic mass is 35.5. The Hall–Kier alpha value is -4.53. The van der Waals surface area contributed by atoms with Gasteiger partial charge in [-0.1, -0.05) is 61.9 Å². The van der Waals surface area contributed by atoms with Crippen molar-refractivity contribution >= 4 is 39.8 Å². The molecule has 0 aliphatic rings. The van der Waals surface area contributed by atoms with Gasteiger partial charge in [-0.15, -0.1) is 12.3 Å². The molecule has 4 aromatic rings. The highest BCUT2D eigenvalue weighted by molar-refractivity contribution is 6.33. The number of aromatic nitrogens is 1. The van der Waals surface area contributed by atoms with Crippen molar-refractivity contribution in [3.8, 4) is 23.6 Å². The summed E-state index contributed by atoms with van der Waals surface area (Å²) in [6, 6.07) is 21.4. The molecule has 1 amide bonds. The summed E-state index contributed by atoms with van der Waals surface area (Å²) in [4.78, 5) is 17.6. The predicted octanol–water partition coefficient (Wildman–Crippen LogP) is 9.98. The Bertz CT molecular complexity index is 1630. The second-order valence-corrected chi connectivity index (χ2v) is 10.1. The van der Waals surface area contributed by atoms with Crippen LogP contribution in [-0.2, 0) is 4.74 Å². The van der Waals surface area contributed by atoms with Crippen molar-refractivity contribution in [1.29, 1.82) is 0 Å². The van der Waals surface area contributed by atoms with Crippen molar-refractivity contribution in [2.45, 2.75) is 54.9 Å². The van der Waals surface area contributed by atoms with E-state index in [1.165, 1.54) is 0 Å². The number of carbonyl (C=O) groups excluding carboxylic acids is 1. The molecule has 0 aliphatic heterocycles. The van der Waals surface area contributed by atoms with E-state index in [4.69, 9.17) is 21.3 Å². The fraction of sp³-hybridized carbons (Fsp3) is 0.263. The van der Waals surface area contributed by atoms with Crippen LogP contribution in [0.4, 0.5) is 5.69 Å². The van der Waals surface area contributed by atoms with Crippen LogP contribution in [0.25, 0.3) is 27.9 Å². The third kappa shape index (κ3) is 9.76. The molecule has 0 atom stereocenters. The maximum Gasteiger partial charge on any atom is 0.251 e. The zero-order valence-corrected chi connectivity index (χ0v) is 27.7. The van der Waals surface area contributed by atoms with Crippen molar-refractivity contribution < 1.29 is 9.53 Å². The van der Waals surface area contributed by atoms with Gasteiger partial charge in [0.25, 0.3) is 5.91 Å². The quantitative estimate of drug-likeness (QED) is 0.139. The largest absolute Gasteiger partial charge is 0.499 e. The standard InChI is InChI=1S/C33H34ClN3O2.C3H4.C2H6/c1-6-26(39-7-2)16-17-35-33(38)24-12-14-25(15-13-24)36-23(5)28-20-31(27-10-8-9-11-30(27)34)37-32-22(4)18-21(3)19-29(28)32;1-3-2;1-2/h6,8-15,18-20,36H,5,7,16-17H2,1-4H3,(H,35,38);1H,2H3;1-2H3/b26-6-;;. The topological polar surface area (TPSA) is 63.2 Å². The number of amides is 1. The van der Waals surface area contributed by atoms with Crippen LogP contribution < -0.4 is 10.6 Å². The van der Waals surface area contributed by atoms with Crippen LogP contribution in [0, 0.1) is 26.2 Å². The van der Waals surface area contributed by atoms with Gasteiger partial charge in [0.2, 0.25) is 0 Å². The first-order valence-electron chi connectivity index (χ1n) is 14.9. The first-order chi connectivity index (χ1) is 21.2. The van der Waals surface area contributed by atoms with Crippen LogP contribution in [0.15, 0.2) is 85.1 Å². The van der Waals surface area contributed by atoms with Crippen molar-refractivity contribution in [3.63, 3.8) is 0 Å². The molecular formula is C38H44ClN3O2. The first-order valence-corrected chi connectivity index (χ1v) is 15.3. The smallest absolute Gasteiger partial charge is 0.251 e. The molecule has 0 saturated carbocycles. The summed E-state index contributed by atoms with van der Waals surface area (Å²) in [5, 5.41) is 8.03. The minimum Gasteiger partial charge on any atom is -0.499 e. The SMILES string of the molecule is C#CC.C=C(Nc1ccc(C(=O)NCC/C(=C/C)OCC)cc1)c1cc(-c2ccccc2Cl)nc2c(C)cc(C)cc12.CC. The monoisotopic (exact) mass is 609 g/mol. The van der Waals surface area contributed by atoms with E-state index < -0.39 is 0 Å². The highest BCUT2D eigenvalue weighted by Crippen LogP contribution is 2.34. The number of ether oxygens (including phenoxy) is 1. The second-order valence-electron chi connectivity index (χ2n) is 9.68. The number of benzene rings is 3. The minimum absolute atomic E-state index is 0.122. The fourth-order valence-corrected chi connectivity index (χ4v) is 4.80. The summed E-state index contributed by atoms with van der Waals surface area (Å²) in [5.74, 6) is 3.00. The Labute approximate surface area is 268 Å². The van der Waals surface area contributed by atoms with Gasteiger partial charge in [-0.25, -0.2) is 4.98 Å². The molecule has 0 bridgehead atoms. The summed E-state index contributed by atoms with van der Waals surface area (Å²) in [6.07, 6.45) is 7.18. The van der Waals surface area contributed by atoms with Crippen LogP contribution >= 0.6 is 11.6 Å². The predicted molar refractivity (Wildman–Crippen MR) is 189 cm³/mol. The number of hydrogen-bond acceptors (Lipinski definition) is 4. The molecule has 4 rings (SSSR count). The van der Waals surface area contributed by atoms with Gasteiger partial charge in [-0.3, -0.25) is 4.79 Å². The van der Waals surface area contributed by atoms with Crippen molar-refractivity contribution in [2.75, 3.05) is 18.5 Å². The van der Waals surface area contributed by atoms with Gasteiger partial charge >= 0.3 is 0 Å². The minimum atomic E-state index is -0.122. The molecule has 5 nitrogen and oxygen atoms in total. The van der Waals surface area contributed by atoms with Gasteiger partial charge in [-0.2, -0.15) is 0 Å². The zero-order chi connectivity index (χ0) is 32.6. The lowest BCUT2D eigenvalue weighted by molar-refractivity contribution is 0.0952. The number of anilines is 1. The van der Waals surface area contributed by atoms with E-state index in [1.807, 2.05) is 76.2 Å². The number of allylic oxidation sites excluding steroid dienone is 1. The number of halogens is 1. The molecule has 44 heavy (non-hydrogen) atoms. The summed E-state index contributed by atoms with van der Waals surface area (Å²) < 4.78 is 5.53. The average molecular weight is 610 g/mol. The molecule has 3 aromatic carbocycles. The van der Waals surface area contributed by atoms with Crippen LogP contribution in [0.3, 0.4) is 0 Å². The molecule has 0 unspecified atom stereocenters. The Morgan fingerprint density at radius 2 is 1.75 bits per heavy atom. The molecule has 1 heterocycles.